The lowest BCUT2D eigenvalue weighted by Crippen LogP contribution is -2.53. The lowest BCUT2D eigenvalue weighted by Gasteiger charge is -2.49. The molecular weight excluding hydrogens is 781 g/mol. The molecule has 58 heavy (non-hydrogen) atoms. The molecule has 2 aliphatic heterocycles. The molecule has 14 heteroatoms. The minimum atomic E-state index is -1.68. The predicted octanol–water partition coefficient (Wildman–Crippen LogP) is 7.02. The van der Waals surface area contributed by atoms with Crippen LogP contribution < -0.4 is 26.3 Å². The normalized spacial score (nSPS) is 20.8. The van der Waals surface area contributed by atoms with Gasteiger partial charge in [0.15, 0.2) is 0 Å². The van der Waals surface area contributed by atoms with Crippen molar-refractivity contribution in [3.8, 4) is 22.9 Å². The van der Waals surface area contributed by atoms with Crippen molar-refractivity contribution in [2.45, 2.75) is 36.9 Å². The Labute approximate surface area is 341 Å². The second kappa shape index (κ2) is 14.5. The number of hydrogen-bond donors (Lipinski definition) is 2. The topological polar surface area (TPSA) is 137 Å². The molecule has 2 fully saturated rings. The molecular formula is C44H35Cl2N5O7. The summed E-state index contributed by atoms with van der Waals surface area (Å²) in [6, 6.07) is 33.8. The summed E-state index contributed by atoms with van der Waals surface area (Å²) in [6.45, 7) is 0.233. The number of carbonyl (C=O) groups is 2. The zero-order valence-corrected chi connectivity index (χ0v) is 32.4. The first kappa shape index (κ1) is 37.1. The Hall–Kier alpha value is -6.50. The fourth-order valence-electron chi connectivity index (χ4n) is 8.85. The van der Waals surface area contributed by atoms with Crippen LogP contribution in [0.3, 0.4) is 0 Å². The Bertz CT molecular complexity index is 2750. The van der Waals surface area contributed by atoms with Crippen LogP contribution in [0.2, 0.25) is 10.0 Å². The number of amides is 2. The Morgan fingerprint density at radius 2 is 1.53 bits per heavy atom. The van der Waals surface area contributed by atoms with E-state index >= 15 is 9.59 Å². The average Bonchev–Trinajstić information content (AvgIpc) is 3.62. The van der Waals surface area contributed by atoms with Gasteiger partial charge in [-0.1, -0.05) is 96.0 Å². The molecule has 2 N–H and O–H groups in total. The van der Waals surface area contributed by atoms with E-state index in [-0.39, 0.29) is 36.0 Å². The van der Waals surface area contributed by atoms with Crippen LogP contribution in [0, 0.1) is 5.92 Å². The number of nitrogens with zero attached hydrogens (tertiary/aromatic N) is 4. The maximum atomic E-state index is 15.5. The standard InChI is InChI=1S/C44H35Cl2N5O7/c1-57-30-15-12-27(13-16-30)44-34(40(53)50(41(44)54)47-36-19-14-28(45)22-35(36)46)24-37-32(20-21-48-42(55)49(43(56)51(37)48)29-10-6-3-7-11-29)39(44)33-18-17-31(23-38(33)52)58-25-26-8-4-2-5-9-26/h2-20,22-23,34,37,39,47,52H,21,24-25H2,1H3/t34-,37+,39+,44+/m0/s1. The van der Waals surface area contributed by atoms with Gasteiger partial charge in [0.25, 0.3) is 11.8 Å². The molecule has 4 atom stereocenters. The molecule has 1 aromatic heterocycles. The molecule has 0 radical (unpaired) electrons. The fourth-order valence-corrected chi connectivity index (χ4v) is 9.30. The number of allylic oxidation sites excluding steroid dienone is 2. The maximum absolute atomic E-state index is 15.5. The van der Waals surface area contributed by atoms with Gasteiger partial charge in [-0.05, 0) is 71.7 Å². The number of hydrazine groups is 1. The molecule has 6 aromatic rings. The van der Waals surface area contributed by atoms with Crippen LogP contribution in [-0.2, 0) is 28.2 Å². The third-order valence-corrected chi connectivity index (χ3v) is 12.0. The van der Waals surface area contributed by atoms with Crippen molar-refractivity contribution in [1.82, 2.24) is 18.9 Å². The van der Waals surface area contributed by atoms with E-state index in [9.17, 15) is 14.7 Å². The molecule has 1 saturated heterocycles. The van der Waals surface area contributed by atoms with Crippen LogP contribution in [0.1, 0.15) is 35.1 Å². The van der Waals surface area contributed by atoms with Crippen LogP contribution >= 0.6 is 23.2 Å². The molecule has 9 rings (SSSR count). The van der Waals surface area contributed by atoms with Crippen LogP contribution in [0.4, 0.5) is 5.69 Å². The summed E-state index contributed by atoms with van der Waals surface area (Å²) in [5.74, 6) is -2.64. The number of imide groups is 1. The lowest BCUT2D eigenvalue weighted by atomic mass is 9.53. The first-order valence-electron chi connectivity index (χ1n) is 18.6. The number of nitrogens with one attached hydrogen (secondary N) is 1. The van der Waals surface area contributed by atoms with Crippen LogP contribution in [-0.4, -0.2) is 43.0 Å². The second-order valence-corrected chi connectivity index (χ2v) is 15.3. The number of para-hydroxylation sites is 1. The van der Waals surface area contributed by atoms with Gasteiger partial charge in [0.05, 0.1) is 47.4 Å². The molecule has 3 heterocycles. The number of aromatic hydroxyl groups is 1. The number of benzene rings is 5. The number of methoxy groups -OCH3 is 1. The summed E-state index contributed by atoms with van der Waals surface area (Å²) in [6.07, 6.45) is 1.79. The Morgan fingerprint density at radius 3 is 2.22 bits per heavy atom. The van der Waals surface area contributed by atoms with E-state index in [0.29, 0.717) is 38.9 Å². The lowest BCUT2D eigenvalue weighted by molar-refractivity contribution is -0.138. The highest BCUT2D eigenvalue weighted by molar-refractivity contribution is 6.36. The summed E-state index contributed by atoms with van der Waals surface area (Å²) >= 11 is 12.8. The van der Waals surface area contributed by atoms with Crippen LogP contribution in [0.25, 0.3) is 5.69 Å². The van der Waals surface area contributed by atoms with Crippen molar-refractivity contribution in [2.24, 2.45) is 5.92 Å². The van der Waals surface area contributed by atoms with Crippen molar-refractivity contribution in [2.75, 3.05) is 12.5 Å². The minimum absolute atomic E-state index is 0.0108. The number of fused-ring (bicyclic) bond motifs is 4. The summed E-state index contributed by atoms with van der Waals surface area (Å²) in [4.78, 5) is 59.0. The van der Waals surface area contributed by atoms with E-state index in [1.165, 1.54) is 28.6 Å². The number of aromatic nitrogens is 3. The van der Waals surface area contributed by atoms with Crippen molar-refractivity contribution < 1.29 is 24.2 Å². The molecule has 5 aromatic carbocycles. The van der Waals surface area contributed by atoms with Gasteiger partial charge in [-0.15, -0.1) is 0 Å². The van der Waals surface area contributed by atoms with Crippen LogP contribution in [0.5, 0.6) is 17.2 Å². The number of anilines is 1. The minimum Gasteiger partial charge on any atom is -0.508 e. The first-order chi connectivity index (χ1) is 28.1. The molecule has 2 amide bonds. The average molecular weight is 817 g/mol. The van der Waals surface area contributed by atoms with E-state index < -0.39 is 46.5 Å². The van der Waals surface area contributed by atoms with Crippen molar-refractivity contribution in [3.05, 3.63) is 181 Å². The molecule has 3 aliphatic rings. The van der Waals surface area contributed by atoms with Gasteiger partial charge in [-0.2, -0.15) is 5.01 Å². The number of carbonyl (C=O) groups excluding carboxylic acids is 2. The zero-order valence-electron chi connectivity index (χ0n) is 30.9. The van der Waals surface area contributed by atoms with E-state index in [1.807, 2.05) is 36.4 Å². The SMILES string of the molecule is COc1ccc([C@@]23C(=O)N(Nc4ccc(Cl)cc4Cl)C(=O)[C@@H]2C[C@@H]2C(=CCn4c(=O)n(-c5ccccc5)c(=O)n42)[C@@H]3c2ccc(OCc3ccccc3)cc2O)cc1. The maximum Gasteiger partial charge on any atom is 0.352 e. The van der Waals surface area contributed by atoms with Crippen molar-refractivity contribution in [3.63, 3.8) is 0 Å². The number of hydrogen-bond acceptors (Lipinski definition) is 8. The van der Waals surface area contributed by atoms with Gasteiger partial charge >= 0.3 is 11.4 Å². The van der Waals surface area contributed by atoms with Gasteiger partial charge in [-0.3, -0.25) is 15.0 Å². The Balaban J connectivity index is 1.25. The largest absolute Gasteiger partial charge is 0.508 e. The first-order valence-corrected chi connectivity index (χ1v) is 19.3. The van der Waals surface area contributed by atoms with Crippen molar-refractivity contribution in [1.29, 1.82) is 0 Å². The van der Waals surface area contributed by atoms with E-state index in [2.05, 4.69) is 5.43 Å². The zero-order chi connectivity index (χ0) is 40.3. The fraction of sp³-hybridized carbons (Fsp3) is 0.182. The highest BCUT2D eigenvalue weighted by atomic mass is 35.5. The second-order valence-electron chi connectivity index (χ2n) is 14.4. The number of rotatable bonds is 9. The number of phenols is 1. The molecule has 0 bridgehead atoms. The van der Waals surface area contributed by atoms with Gasteiger partial charge < -0.3 is 14.6 Å². The number of halogens is 2. The predicted molar refractivity (Wildman–Crippen MR) is 218 cm³/mol. The highest BCUT2D eigenvalue weighted by Gasteiger charge is 2.69. The van der Waals surface area contributed by atoms with Gasteiger partial charge in [0.2, 0.25) is 0 Å². The Morgan fingerprint density at radius 1 is 0.828 bits per heavy atom. The third kappa shape index (κ3) is 5.82. The summed E-state index contributed by atoms with van der Waals surface area (Å²) in [5.41, 5.74) is 3.10. The molecule has 292 valence electrons. The van der Waals surface area contributed by atoms with Crippen molar-refractivity contribution >= 4 is 40.7 Å². The van der Waals surface area contributed by atoms with Crippen LogP contribution in [0.15, 0.2) is 143 Å². The van der Waals surface area contributed by atoms with Gasteiger partial charge in [-0.25, -0.2) is 23.5 Å². The number of ether oxygens (including phenoxy) is 2. The van der Waals surface area contributed by atoms with E-state index in [0.717, 1.165) is 15.1 Å². The number of phenolic OH excluding ortho intramolecular Hbond substituents is 1. The van der Waals surface area contributed by atoms with Gasteiger partial charge in [0, 0.05) is 22.6 Å². The summed E-state index contributed by atoms with van der Waals surface area (Å²) in [7, 11) is 1.53. The highest BCUT2D eigenvalue weighted by Crippen LogP contribution is 2.63. The molecule has 1 aliphatic carbocycles. The molecule has 0 unspecified atom stereocenters. The molecule has 0 spiro atoms. The summed E-state index contributed by atoms with van der Waals surface area (Å²) in [5, 5.41) is 13.6. The Kier molecular flexibility index (Phi) is 9.25. The molecule has 12 nitrogen and oxygen atoms in total. The quantitative estimate of drug-likeness (QED) is 0.117. The smallest absolute Gasteiger partial charge is 0.352 e. The monoisotopic (exact) mass is 815 g/mol. The van der Waals surface area contributed by atoms with Gasteiger partial charge in [0.1, 0.15) is 23.9 Å². The van der Waals surface area contributed by atoms with E-state index in [1.54, 1.807) is 78.9 Å². The van der Waals surface area contributed by atoms with E-state index in [4.69, 9.17) is 32.7 Å². The molecule has 1 saturated carbocycles. The summed E-state index contributed by atoms with van der Waals surface area (Å²) < 4.78 is 15.4. The third-order valence-electron chi connectivity index (χ3n) is 11.4.